The molecular formula is C14H12ClN3O3. The molecule has 2 rings (SSSR count). The fourth-order valence-electron chi connectivity index (χ4n) is 1.70. The number of hydrogen-bond acceptors (Lipinski definition) is 3. The molecule has 0 aliphatic heterocycles. The molecule has 0 fully saturated rings. The summed E-state index contributed by atoms with van der Waals surface area (Å²) in [6.07, 6.45) is 3.17. The Kier molecular flexibility index (Phi) is 4.39. The maximum atomic E-state index is 11.8. The zero-order chi connectivity index (χ0) is 15.4. The first kappa shape index (κ1) is 14.8. The van der Waals surface area contributed by atoms with Crippen LogP contribution < -0.4 is 10.6 Å². The van der Waals surface area contributed by atoms with Crippen molar-refractivity contribution in [3.63, 3.8) is 0 Å². The Hall–Kier alpha value is -2.60. The average Bonchev–Trinajstić information content (AvgIpc) is 2.37. The van der Waals surface area contributed by atoms with E-state index in [1.54, 1.807) is 12.3 Å². The maximum Gasteiger partial charge on any atom is 0.335 e. The SMILES string of the molecule is Cc1cncc(NC(=O)Nc2cc(Cl)cc(C(=O)O)c2)c1. The Balaban J connectivity index is 2.11. The van der Waals surface area contributed by atoms with Crippen LogP contribution in [0.1, 0.15) is 15.9 Å². The minimum Gasteiger partial charge on any atom is -0.478 e. The molecule has 0 spiro atoms. The number of urea groups is 1. The zero-order valence-electron chi connectivity index (χ0n) is 11.1. The van der Waals surface area contributed by atoms with Crippen LogP contribution in [-0.4, -0.2) is 22.1 Å². The van der Waals surface area contributed by atoms with E-state index in [2.05, 4.69) is 15.6 Å². The number of hydrogen-bond donors (Lipinski definition) is 3. The number of carbonyl (C=O) groups excluding carboxylic acids is 1. The molecule has 0 aliphatic carbocycles. The summed E-state index contributed by atoms with van der Waals surface area (Å²) in [5.41, 5.74) is 1.73. The van der Waals surface area contributed by atoms with Crippen molar-refractivity contribution in [1.82, 2.24) is 4.98 Å². The molecule has 7 heteroatoms. The molecule has 1 aromatic heterocycles. The first-order valence-corrected chi connectivity index (χ1v) is 6.35. The number of carbonyl (C=O) groups is 2. The number of amides is 2. The highest BCUT2D eigenvalue weighted by atomic mass is 35.5. The third-order valence-electron chi connectivity index (χ3n) is 2.54. The van der Waals surface area contributed by atoms with E-state index in [0.29, 0.717) is 5.69 Å². The predicted octanol–water partition coefficient (Wildman–Crippen LogP) is 3.39. The Morgan fingerprint density at radius 3 is 2.48 bits per heavy atom. The lowest BCUT2D eigenvalue weighted by Gasteiger charge is -2.09. The summed E-state index contributed by atoms with van der Waals surface area (Å²) in [5, 5.41) is 14.3. The number of carboxylic acids is 1. The van der Waals surface area contributed by atoms with Gasteiger partial charge < -0.3 is 15.7 Å². The lowest BCUT2D eigenvalue weighted by Crippen LogP contribution is -2.19. The van der Waals surface area contributed by atoms with Gasteiger partial charge in [0, 0.05) is 16.9 Å². The zero-order valence-corrected chi connectivity index (χ0v) is 11.8. The Bertz CT molecular complexity index is 704. The number of aromatic carboxylic acids is 1. The number of benzene rings is 1. The molecule has 2 aromatic rings. The van der Waals surface area contributed by atoms with Crippen LogP contribution in [0, 0.1) is 6.92 Å². The first-order valence-electron chi connectivity index (χ1n) is 5.97. The summed E-state index contributed by atoms with van der Waals surface area (Å²) in [7, 11) is 0. The van der Waals surface area contributed by atoms with Crippen molar-refractivity contribution in [3.05, 3.63) is 52.8 Å². The molecule has 0 unspecified atom stereocenters. The smallest absolute Gasteiger partial charge is 0.335 e. The first-order chi connectivity index (χ1) is 9.94. The van der Waals surface area contributed by atoms with Crippen LogP contribution in [0.15, 0.2) is 36.7 Å². The molecule has 6 nitrogen and oxygen atoms in total. The van der Waals surface area contributed by atoms with E-state index in [-0.39, 0.29) is 16.3 Å². The third-order valence-corrected chi connectivity index (χ3v) is 2.75. The quantitative estimate of drug-likeness (QED) is 0.810. The lowest BCUT2D eigenvalue weighted by molar-refractivity contribution is 0.0697. The van der Waals surface area contributed by atoms with Crippen LogP contribution >= 0.6 is 11.6 Å². The van der Waals surface area contributed by atoms with Crippen molar-refractivity contribution in [3.8, 4) is 0 Å². The van der Waals surface area contributed by atoms with Crippen molar-refractivity contribution < 1.29 is 14.7 Å². The normalized spacial score (nSPS) is 10.0. The monoisotopic (exact) mass is 305 g/mol. The predicted molar refractivity (Wildman–Crippen MR) is 80.0 cm³/mol. The number of pyridine rings is 1. The Morgan fingerprint density at radius 2 is 1.81 bits per heavy atom. The fraction of sp³-hybridized carbons (Fsp3) is 0.0714. The summed E-state index contributed by atoms with van der Waals surface area (Å²) in [6.45, 7) is 1.85. The van der Waals surface area contributed by atoms with Crippen molar-refractivity contribution in [2.45, 2.75) is 6.92 Å². The van der Waals surface area contributed by atoms with Crippen LogP contribution in [0.4, 0.5) is 16.2 Å². The molecule has 108 valence electrons. The lowest BCUT2D eigenvalue weighted by atomic mass is 10.2. The molecule has 0 aliphatic rings. The molecule has 1 aromatic carbocycles. The van der Waals surface area contributed by atoms with Crippen LogP contribution in [0.3, 0.4) is 0 Å². The number of nitrogens with one attached hydrogen (secondary N) is 2. The van der Waals surface area contributed by atoms with Crippen LogP contribution in [0.5, 0.6) is 0 Å². The minimum absolute atomic E-state index is 0.00461. The number of rotatable bonds is 3. The van der Waals surface area contributed by atoms with Gasteiger partial charge in [-0.1, -0.05) is 11.6 Å². The van der Waals surface area contributed by atoms with Gasteiger partial charge in [-0.25, -0.2) is 9.59 Å². The van der Waals surface area contributed by atoms with E-state index in [4.69, 9.17) is 16.7 Å². The highest BCUT2D eigenvalue weighted by Crippen LogP contribution is 2.19. The minimum atomic E-state index is -1.12. The molecule has 0 bridgehead atoms. The number of carboxylic acid groups (broad SMARTS) is 1. The van der Waals surface area contributed by atoms with E-state index < -0.39 is 12.0 Å². The van der Waals surface area contributed by atoms with Gasteiger partial charge in [0.25, 0.3) is 0 Å². The third kappa shape index (κ3) is 4.19. The van der Waals surface area contributed by atoms with Crippen molar-refractivity contribution >= 4 is 35.0 Å². The van der Waals surface area contributed by atoms with Gasteiger partial charge in [0.1, 0.15) is 0 Å². The Labute approximate surface area is 125 Å². The van der Waals surface area contributed by atoms with Crippen molar-refractivity contribution in [2.75, 3.05) is 10.6 Å². The van der Waals surface area contributed by atoms with E-state index >= 15 is 0 Å². The van der Waals surface area contributed by atoms with Gasteiger partial charge in [0.15, 0.2) is 0 Å². The molecule has 0 atom stereocenters. The van der Waals surface area contributed by atoms with Gasteiger partial charge in [-0.3, -0.25) is 4.98 Å². The standard InChI is InChI=1S/C14H12ClN3O3/c1-8-2-12(7-16-6-8)18-14(21)17-11-4-9(13(19)20)3-10(15)5-11/h2-7H,1H3,(H,19,20)(H2,17,18,21). The molecule has 1 heterocycles. The number of anilines is 2. The van der Waals surface area contributed by atoms with Crippen LogP contribution in [0.25, 0.3) is 0 Å². The van der Waals surface area contributed by atoms with Gasteiger partial charge in [0.2, 0.25) is 0 Å². The van der Waals surface area contributed by atoms with E-state index in [9.17, 15) is 9.59 Å². The van der Waals surface area contributed by atoms with Crippen LogP contribution in [-0.2, 0) is 0 Å². The van der Waals surface area contributed by atoms with Gasteiger partial charge >= 0.3 is 12.0 Å². The molecule has 21 heavy (non-hydrogen) atoms. The highest BCUT2D eigenvalue weighted by Gasteiger charge is 2.09. The summed E-state index contributed by atoms with van der Waals surface area (Å²) in [5.74, 6) is -1.12. The molecule has 3 N–H and O–H groups in total. The number of aromatic nitrogens is 1. The number of nitrogens with zero attached hydrogens (tertiary/aromatic N) is 1. The maximum absolute atomic E-state index is 11.8. The molecule has 0 saturated heterocycles. The second-order valence-corrected chi connectivity index (χ2v) is 4.80. The topological polar surface area (TPSA) is 91.3 Å². The van der Waals surface area contributed by atoms with Gasteiger partial charge in [-0.2, -0.15) is 0 Å². The van der Waals surface area contributed by atoms with E-state index in [0.717, 1.165) is 5.56 Å². The average molecular weight is 306 g/mol. The van der Waals surface area contributed by atoms with E-state index in [1.807, 2.05) is 6.92 Å². The summed E-state index contributed by atoms with van der Waals surface area (Å²) in [4.78, 5) is 26.7. The second kappa shape index (κ2) is 6.23. The van der Waals surface area contributed by atoms with Gasteiger partial charge in [-0.15, -0.1) is 0 Å². The summed E-state index contributed by atoms with van der Waals surface area (Å²) in [6, 6.07) is 5.33. The molecule has 2 amide bonds. The van der Waals surface area contributed by atoms with Crippen LogP contribution in [0.2, 0.25) is 5.02 Å². The van der Waals surface area contributed by atoms with E-state index in [1.165, 1.54) is 24.4 Å². The second-order valence-electron chi connectivity index (χ2n) is 4.36. The van der Waals surface area contributed by atoms with Gasteiger partial charge in [-0.05, 0) is 36.8 Å². The Morgan fingerprint density at radius 1 is 1.10 bits per heavy atom. The van der Waals surface area contributed by atoms with Gasteiger partial charge in [0.05, 0.1) is 17.4 Å². The number of aryl methyl sites for hydroxylation is 1. The van der Waals surface area contributed by atoms with Crippen molar-refractivity contribution in [2.24, 2.45) is 0 Å². The molecule has 0 radical (unpaired) electrons. The van der Waals surface area contributed by atoms with Crippen molar-refractivity contribution in [1.29, 1.82) is 0 Å². The molecular weight excluding hydrogens is 294 g/mol. The largest absolute Gasteiger partial charge is 0.478 e. The highest BCUT2D eigenvalue weighted by molar-refractivity contribution is 6.31. The fourth-order valence-corrected chi connectivity index (χ4v) is 1.94. The number of halogens is 1. The summed E-state index contributed by atoms with van der Waals surface area (Å²) >= 11 is 5.81. The summed E-state index contributed by atoms with van der Waals surface area (Å²) < 4.78 is 0. The molecule has 0 saturated carbocycles.